The first-order valence-corrected chi connectivity index (χ1v) is 12.1. The summed E-state index contributed by atoms with van der Waals surface area (Å²) in [6.45, 7) is 1.62. The highest BCUT2D eigenvalue weighted by Crippen LogP contribution is 2.32. The number of ether oxygens (including phenoxy) is 1. The van der Waals surface area contributed by atoms with Gasteiger partial charge in [-0.1, -0.05) is 46.7 Å². The van der Waals surface area contributed by atoms with Gasteiger partial charge in [0.05, 0.1) is 37.3 Å². The van der Waals surface area contributed by atoms with Gasteiger partial charge in [0.15, 0.2) is 14.6 Å². The molecule has 0 aliphatic rings. The summed E-state index contributed by atoms with van der Waals surface area (Å²) in [5.74, 6) is -1.31. The minimum atomic E-state index is -3.65. The van der Waals surface area contributed by atoms with Gasteiger partial charge in [-0.2, -0.15) is 4.99 Å². The molecule has 1 aromatic heterocycles. The summed E-state index contributed by atoms with van der Waals surface area (Å²) < 4.78 is 31.0. The van der Waals surface area contributed by atoms with Crippen LogP contribution < -0.4 is 4.80 Å². The maximum Gasteiger partial charge on any atom is 0.326 e. The number of carbonyl (C=O) groups is 2. The number of esters is 1. The molecular weight excluding hydrogens is 471 g/mol. The van der Waals surface area contributed by atoms with Crippen LogP contribution in [0.1, 0.15) is 17.3 Å². The molecule has 0 aliphatic carbocycles. The highest BCUT2D eigenvalue weighted by atomic mass is 35.5. The molecule has 0 fully saturated rings. The van der Waals surface area contributed by atoms with E-state index in [0.717, 1.165) is 17.6 Å². The maximum absolute atomic E-state index is 12.9. The predicted molar refractivity (Wildman–Crippen MR) is 116 cm³/mol. The Labute approximate surface area is 186 Å². The quantitative estimate of drug-likeness (QED) is 0.512. The fourth-order valence-electron chi connectivity index (χ4n) is 2.79. The average Bonchev–Trinajstić information content (AvgIpc) is 3.03. The van der Waals surface area contributed by atoms with Crippen molar-refractivity contribution < 1.29 is 22.7 Å². The van der Waals surface area contributed by atoms with Crippen LogP contribution in [0.3, 0.4) is 0 Å². The number of hydrogen-bond donors (Lipinski definition) is 0. The molecule has 0 radical (unpaired) electrons. The van der Waals surface area contributed by atoms with Gasteiger partial charge in [0.2, 0.25) is 0 Å². The Kier molecular flexibility index (Phi) is 6.66. The van der Waals surface area contributed by atoms with E-state index in [2.05, 4.69) is 4.99 Å². The number of halogens is 2. The van der Waals surface area contributed by atoms with Crippen molar-refractivity contribution in [1.29, 1.82) is 0 Å². The number of aromatic nitrogens is 1. The molecule has 7 nitrogen and oxygen atoms in total. The van der Waals surface area contributed by atoms with Gasteiger partial charge in [0, 0.05) is 6.26 Å². The molecule has 1 heterocycles. The van der Waals surface area contributed by atoms with E-state index in [0.29, 0.717) is 20.3 Å². The van der Waals surface area contributed by atoms with Crippen molar-refractivity contribution in [2.75, 3.05) is 12.9 Å². The highest BCUT2D eigenvalue weighted by molar-refractivity contribution is 7.90. The zero-order valence-corrected chi connectivity index (χ0v) is 19.0. The minimum Gasteiger partial charge on any atom is -0.465 e. The molecule has 30 heavy (non-hydrogen) atoms. The summed E-state index contributed by atoms with van der Waals surface area (Å²) in [4.78, 5) is 29.1. The molecule has 2 aromatic carbocycles. The van der Waals surface area contributed by atoms with Crippen LogP contribution in [0.2, 0.25) is 10.0 Å². The SMILES string of the molecule is CCOC(=O)Cn1c(=NC(=O)c2ccccc2S(C)(=O)=O)sc2c(Cl)ccc(Cl)c21. The van der Waals surface area contributed by atoms with E-state index in [9.17, 15) is 18.0 Å². The van der Waals surface area contributed by atoms with Crippen LogP contribution in [0, 0.1) is 0 Å². The number of rotatable bonds is 5. The summed E-state index contributed by atoms with van der Waals surface area (Å²) in [5.41, 5.74) is 0.363. The number of carbonyl (C=O) groups excluding carboxylic acids is 2. The zero-order chi connectivity index (χ0) is 22.1. The zero-order valence-electron chi connectivity index (χ0n) is 15.9. The van der Waals surface area contributed by atoms with Crippen LogP contribution in [-0.4, -0.2) is 37.7 Å². The fourth-order valence-corrected chi connectivity index (χ4v) is 5.32. The molecule has 1 amide bonds. The molecule has 0 saturated carbocycles. The third-order valence-corrected chi connectivity index (χ3v) is 7.03. The summed E-state index contributed by atoms with van der Waals surface area (Å²) >= 11 is 13.6. The number of hydrogen-bond acceptors (Lipinski definition) is 6. The van der Waals surface area contributed by atoms with E-state index in [1.807, 2.05) is 0 Å². The topological polar surface area (TPSA) is 94.8 Å². The lowest BCUT2D eigenvalue weighted by molar-refractivity contribution is -0.143. The van der Waals surface area contributed by atoms with Crippen LogP contribution in [0.5, 0.6) is 0 Å². The van der Waals surface area contributed by atoms with Gasteiger partial charge < -0.3 is 9.30 Å². The number of amides is 1. The van der Waals surface area contributed by atoms with Gasteiger partial charge >= 0.3 is 5.97 Å². The first kappa shape index (κ1) is 22.5. The number of fused-ring (bicyclic) bond motifs is 1. The number of thiazole rings is 1. The molecular formula is C19H16Cl2N2O5S2. The summed E-state index contributed by atoms with van der Waals surface area (Å²) in [6.07, 6.45) is 1.01. The lowest BCUT2D eigenvalue weighted by Crippen LogP contribution is -2.23. The third kappa shape index (κ3) is 4.59. The number of nitrogens with zero attached hydrogens (tertiary/aromatic N) is 2. The number of benzene rings is 2. The summed E-state index contributed by atoms with van der Waals surface area (Å²) in [5, 5.41) is 0.697. The molecule has 0 unspecified atom stereocenters. The Morgan fingerprint density at radius 1 is 1.13 bits per heavy atom. The molecule has 0 N–H and O–H groups in total. The van der Waals surface area contributed by atoms with E-state index in [1.165, 1.54) is 22.8 Å². The summed E-state index contributed by atoms with van der Waals surface area (Å²) in [6, 6.07) is 8.96. The average molecular weight is 487 g/mol. The van der Waals surface area contributed by atoms with E-state index in [1.54, 1.807) is 25.1 Å². The molecule has 0 atom stereocenters. The van der Waals surface area contributed by atoms with Gasteiger partial charge in [-0.3, -0.25) is 9.59 Å². The number of sulfone groups is 1. The molecule has 0 spiro atoms. The van der Waals surface area contributed by atoms with Crippen LogP contribution >= 0.6 is 34.5 Å². The van der Waals surface area contributed by atoms with E-state index in [4.69, 9.17) is 27.9 Å². The van der Waals surface area contributed by atoms with Gasteiger partial charge in [0.25, 0.3) is 5.91 Å². The van der Waals surface area contributed by atoms with Crippen molar-refractivity contribution in [3.63, 3.8) is 0 Å². The Morgan fingerprint density at radius 3 is 2.47 bits per heavy atom. The molecule has 3 rings (SSSR count). The molecule has 3 aromatic rings. The van der Waals surface area contributed by atoms with Crippen molar-refractivity contribution in [1.82, 2.24) is 4.57 Å². The lowest BCUT2D eigenvalue weighted by Gasteiger charge is -2.07. The standard InChI is InChI=1S/C19H16Cl2N2O5S2/c1-3-28-15(24)10-23-16-12(20)8-9-13(21)17(16)29-19(23)22-18(25)11-6-4-5-7-14(11)30(2,26)27/h4-9H,3,10H2,1-2H3. The van der Waals surface area contributed by atoms with Crippen molar-refractivity contribution in [2.45, 2.75) is 18.4 Å². The summed E-state index contributed by atoms with van der Waals surface area (Å²) in [7, 11) is -3.65. The van der Waals surface area contributed by atoms with Crippen LogP contribution in [0.4, 0.5) is 0 Å². The lowest BCUT2D eigenvalue weighted by atomic mass is 10.2. The van der Waals surface area contributed by atoms with Gasteiger partial charge in [0.1, 0.15) is 6.54 Å². The Balaban J connectivity index is 2.24. The second-order valence-corrected chi connectivity index (χ2v) is 9.94. The Bertz CT molecular complexity index is 1330. The molecule has 11 heteroatoms. The Hall–Kier alpha value is -2.20. The van der Waals surface area contributed by atoms with Gasteiger partial charge in [-0.05, 0) is 31.2 Å². The van der Waals surface area contributed by atoms with Crippen molar-refractivity contribution >= 4 is 66.5 Å². The third-order valence-electron chi connectivity index (χ3n) is 4.04. The molecule has 0 aliphatic heterocycles. The second-order valence-electron chi connectivity index (χ2n) is 6.17. The van der Waals surface area contributed by atoms with Crippen molar-refractivity contribution in [3.05, 3.63) is 56.8 Å². The Morgan fingerprint density at radius 2 is 1.80 bits per heavy atom. The molecule has 0 bridgehead atoms. The monoisotopic (exact) mass is 486 g/mol. The van der Waals surface area contributed by atoms with Crippen molar-refractivity contribution in [2.24, 2.45) is 4.99 Å². The van der Waals surface area contributed by atoms with E-state index in [-0.39, 0.29) is 28.4 Å². The van der Waals surface area contributed by atoms with E-state index >= 15 is 0 Å². The normalized spacial score (nSPS) is 12.3. The van der Waals surface area contributed by atoms with Crippen LogP contribution in [-0.2, 0) is 25.9 Å². The van der Waals surface area contributed by atoms with Gasteiger partial charge in [-0.15, -0.1) is 0 Å². The first-order chi connectivity index (χ1) is 14.1. The molecule has 0 saturated heterocycles. The van der Waals surface area contributed by atoms with Crippen molar-refractivity contribution in [3.8, 4) is 0 Å². The van der Waals surface area contributed by atoms with E-state index < -0.39 is 21.7 Å². The largest absolute Gasteiger partial charge is 0.465 e. The maximum atomic E-state index is 12.9. The highest BCUT2D eigenvalue weighted by Gasteiger charge is 2.20. The van der Waals surface area contributed by atoms with Crippen LogP contribution in [0.15, 0.2) is 46.3 Å². The first-order valence-electron chi connectivity index (χ1n) is 8.64. The second kappa shape index (κ2) is 8.89. The molecule has 158 valence electrons. The van der Waals surface area contributed by atoms with Gasteiger partial charge in [-0.25, -0.2) is 8.42 Å². The van der Waals surface area contributed by atoms with Crippen LogP contribution in [0.25, 0.3) is 10.2 Å². The fraction of sp³-hybridized carbons (Fsp3) is 0.211. The minimum absolute atomic E-state index is 0.0719. The predicted octanol–water partition coefficient (Wildman–Crippen LogP) is 3.72. The smallest absolute Gasteiger partial charge is 0.326 e.